The van der Waals surface area contributed by atoms with Crippen molar-refractivity contribution >= 4 is 45.4 Å². The molecule has 0 N–H and O–H groups in total. The van der Waals surface area contributed by atoms with Gasteiger partial charge in [0.25, 0.3) is 5.91 Å². The normalized spacial score (nSPS) is 15.6. The molecule has 0 aromatic heterocycles. The number of hydrogen-bond donors (Lipinski definition) is 0. The molecule has 38 heavy (non-hydrogen) atoms. The van der Waals surface area contributed by atoms with Gasteiger partial charge in [-0.2, -0.15) is 0 Å². The van der Waals surface area contributed by atoms with Crippen LogP contribution in [0.4, 0.5) is 5.69 Å². The van der Waals surface area contributed by atoms with Crippen molar-refractivity contribution < 1.29 is 14.3 Å². The van der Waals surface area contributed by atoms with Gasteiger partial charge in [-0.1, -0.05) is 73.7 Å². The lowest BCUT2D eigenvalue weighted by Crippen LogP contribution is -2.23. The fourth-order valence-electron chi connectivity index (χ4n) is 4.40. The van der Waals surface area contributed by atoms with E-state index in [-0.39, 0.29) is 5.91 Å². The summed E-state index contributed by atoms with van der Waals surface area (Å²) >= 11 is 1.38. The second-order valence-electron chi connectivity index (χ2n) is 8.92. The van der Waals surface area contributed by atoms with Crippen molar-refractivity contribution in [3.63, 3.8) is 0 Å². The monoisotopic (exact) mass is 522 g/mol. The van der Waals surface area contributed by atoms with Gasteiger partial charge in [0, 0.05) is 7.05 Å². The Balaban J connectivity index is 1.38. The zero-order valence-corrected chi connectivity index (χ0v) is 22.6. The van der Waals surface area contributed by atoms with E-state index in [2.05, 4.69) is 37.3 Å². The smallest absolute Gasteiger partial charge is 0.266 e. The summed E-state index contributed by atoms with van der Waals surface area (Å²) in [4.78, 5) is 20.0. The lowest BCUT2D eigenvalue weighted by atomic mass is 10.1. The van der Waals surface area contributed by atoms with Crippen molar-refractivity contribution in [2.45, 2.75) is 26.9 Å². The van der Waals surface area contributed by atoms with Crippen LogP contribution < -0.4 is 9.47 Å². The summed E-state index contributed by atoms with van der Waals surface area (Å²) in [6.45, 7) is 4.99. The maximum Gasteiger partial charge on any atom is 0.266 e. The van der Waals surface area contributed by atoms with E-state index >= 15 is 0 Å². The number of carbonyl (C=O) groups excluding carboxylic acids is 1. The minimum atomic E-state index is -0.0722. The van der Waals surface area contributed by atoms with Gasteiger partial charge in [0.15, 0.2) is 16.7 Å². The third-order valence-corrected chi connectivity index (χ3v) is 7.48. The molecule has 5 nitrogen and oxygen atoms in total. The van der Waals surface area contributed by atoms with E-state index in [1.807, 2.05) is 67.6 Å². The molecule has 1 fully saturated rings. The van der Waals surface area contributed by atoms with Crippen molar-refractivity contribution in [3.05, 3.63) is 107 Å². The molecular formula is C32H30N2O3S. The maximum atomic E-state index is 13.0. The Labute approximate surface area is 227 Å². The highest BCUT2D eigenvalue weighted by atomic mass is 32.2. The number of aliphatic imine (C=N–C) groups is 1. The molecule has 6 heteroatoms. The number of hydrogen-bond acceptors (Lipinski definition) is 5. The largest absolute Gasteiger partial charge is 0.490 e. The van der Waals surface area contributed by atoms with Crippen LogP contribution in [-0.4, -0.2) is 29.6 Å². The summed E-state index contributed by atoms with van der Waals surface area (Å²) < 4.78 is 12.1. The third kappa shape index (κ3) is 5.46. The molecule has 0 aliphatic carbocycles. The van der Waals surface area contributed by atoms with Gasteiger partial charge in [-0.05, 0) is 76.8 Å². The third-order valence-electron chi connectivity index (χ3n) is 6.42. The minimum absolute atomic E-state index is 0.0722. The number of ether oxygens (including phenoxy) is 2. The molecule has 0 atom stereocenters. The van der Waals surface area contributed by atoms with Crippen LogP contribution in [0, 0.1) is 0 Å². The quantitative estimate of drug-likeness (QED) is 0.223. The fourth-order valence-corrected chi connectivity index (χ4v) is 5.38. The van der Waals surface area contributed by atoms with Crippen LogP contribution in [0.1, 0.15) is 30.5 Å². The summed E-state index contributed by atoms with van der Waals surface area (Å²) in [5, 5.41) is 3.03. The molecule has 0 saturated carbocycles. The molecule has 1 heterocycles. The van der Waals surface area contributed by atoms with Gasteiger partial charge in [-0.15, -0.1) is 0 Å². The van der Waals surface area contributed by atoms with E-state index in [0.717, 1.165) is 28.8 Å². The molecule has 0 radical (unpaired) electrons. The van der Waals surface area contributed by atoms with Crippen molar-refractivity contribution in [3.8, 4) is 11.5 Å². The van der Waals surface area contributed by atoms with Gasteiger partial charge in [0.05, 0.1) is 17.2 Å². The van der Waals surface area contributed by atoms with Crippen LogP contribution in [0.5, 0.6) is 11.5 Å². The highest BCUT2D eigenvalue weighted by Gasteiger charge is 2.30. The van der Waals surface area contributed by atoms with Gasteiger partial charge >= 0.3 is 0 Å². The number of para-hydroxylation sites is 1. The molecule has 1 aliphatic heterocycles. The summed E-state index contributed by atoms with van der Waals surface area (Å²) in [5.74, 6) is 1.25. The van der Waals surface area contributed by atoms with Crippen molar-refractivity contribution in [2.24, 2.45) is 4.99 Å². The van der Waals surface area contributed by atoms with Gasteiger partial charge in [-0.25, -0.2) is 4.99 Å². The lowest BCUT2D eigenvalue weighted by molar-refractivity contribution is -0.121. The Hall–Kier alpha value is -4.03. The number of rotatable bonds is 8. The number of carbonyl (C=O) groups is 1. The Morgan fingerprint density at radius 2 is 1.63 bits per heavy atom. The topological polar surface area (TPSA) is 51.1 Å². The molecule has 4 aromatic rings. The predicted molar refractivity (Wildman–Crippen MR) is 157 cm³/mol. The van der Waals surface area contributed by atoms with E-state index in [9.17, 15) is 4.79 Å². The van der Waals surface area contributed by atoms with E-state index < -0.39 is 0 Å². The molecule has 1 amide bonds. The zero-order valence-electron chi connectivity index (χ0n) is 21.8. The molecule has 0 unspecified atom stereocenters. The molecule has 4 aromatic carbocycles. The molecule has 0 spiro atoms. The van der Waals surface area contributed by atoms with Gasteiger partial charge in [-0.3, -0.25) is 9.69 Å². The van der Waals surface area contributed by atoms with Crippen LogP contribution in [0.15, 0.2) is 94.8 Å². The second kappa shape index (κ2) is 11.6. The van der Waals surface area contributed by atoms with Gasteiger partial charge in [0.2, 0.25) is 0 Å². The van der Waals surface area contributed by atoms with Crippen molar-refractivity contribution in [2.75, 3.05) is 13.7 Å². The fraction of sp³-hybridized carbons (Fsp3) is 0.188. The summed E-state index contributed by atoms with van der Waals surface area (Å²) in [7, 11) is 1.76. The van der Waals surface area contributed by atoms with Crippen molar-refractivity contribution in [1.29, 1.82) is 0 Å². The SMILES string of the molecule is CCOc1cc(/C=C2/SC(=Nc3ccccc3CC)N(C)C2=O)ccc1OCc1cccc2ccccc12. The Morgan fingerprint density at radius 1 is 0.868 bits per heavy atom. The van der Waals surface area contributed by atoms with Crippen LogP contribution in [0.25, 0.3) is 16.8 Å². The number of aryl methyl sites for hydroxylation is 1. The highest BCUT2D eigenvalue weighted by Crippen LogP contribution is 2.36. The Bertz CT molecular complexity index is 1540. The molecule has 0 bridgehead atoms. The molecule has 1 aliphatic rings. The first-order valence-electron chi connectivity index (χ1n) is 12.8. The average Bonchev–Trinajstić information content (AvgIpc) is 3.20. The Kier molecular flexibility index (Phi) is 7.80. The number of fused-ring (bicyclic) bond motifs is 1. The maximum absolute atomic E-state index is 13.0. The molecular weight excluding hydrogens is 492 g/mol. The van der Waals surface area contributed by atoms with Gasteiger partial charge in [0.1, 0.15) is 6.61 Å². The first-order valence-corrected chi connectivity index (χ1v) is 13.6. The number of nitrogens with zero attached hydrogens (tertiary/aromatic N) is 2. The lowest BCUT2D eigenvalue weighted by Gasteiger charge is -2.14. The zero-order chi connectivity index (χ0) is 26.5. The van der Waals surface area contributed by atoms with E-state index in [4.69, 9.17) is 14.5 Å². The first-order chi connectivity index (χ1) is 18.6. The standard InChI is InChI=1S/C32H30N2O3S/c1-4-23-11-7-9-16-27(23)33-32-34(3)31(35)30(38-32)20-22-17-18-28(29(19-22)36-5-2)37-21-25-14-10-13-24-12-6-8-15-26(24)25/h6-20H,4-5,21H2,1-3H3/b30-20+,33-32?. The van der Waals surface area contributed by atoms with Crippen LogP contribution >= 0.6 is 11.8 Å². The number of amidine groups is 1. The summed E-state index contributed by atoms with van der Waals surface area (Å²) in [5.41, 5.74) is 4.03. The number of amides is 1. The predicted octanol–water partition coefficient (Wildman–Crippen LogP) is 7.61. The van der Waals surface area contributed by atoms with Crippen LogP contribution in [0.3, 0.4) is 0 Å². The molecule has 1 saturated heterocycles. The van der Waals surface area contributed by atoms with Crippen LogP contribution in [0.2, 0.25) is 0 Å². The van der Waals surface area contributed by atoms with Crippen molar-refractivity contribution in [1.82, 2.24) is 4.90 Å². The van der Waals surface area contributed by atoms with E-state index in [1.165, 1.54) is 22.5 Å². The number of thioether (sulfide) groups is 1. The highest BCUT2D eigenvalue weighted by molar-refractivity contribution is 8.18. The minimum Gasteiger partial charge on any atom is -0.490 e. The van der Waals surface area contributed by atoms with Crippen LogP contribution in [-0.2, 0) is 17.8 Å². The summed E-state index contributed by atoms with van der Waals surface area (Å²) in [6.07, 6.45) is 2.77. The average molecular weight is 523 g/mol. The molecule has 192 valence electrons. The summed E-state index contributed by atoms with van der Waals surface area (Å²) in [6, 6.07) is 28.3. The van der Waals surface area contributed by atoms with E-state index in [0.29, 0.717) is 34.8 Å². The Morgan fingerprint density at radius 3 is 2.47 bits per heavy atom. The van der Waals surface area contributed by atoms with Gasteiger partial charge < -0.3 is 9.47 Å². The van der Waals surface area contributed by atoms with E-state index in [1.54, 1.807) is 11.9 Å². The second-order valence-corrected chi connectivity index (χ2v) is 9.93. The molecule has 5 rings (SSSR count). The number of likely N-dealkylation sites (N-methyl/N-ethyl adjacent to an activating group) is 1. The number of benzene rings is 4. The first kappa shape index (κ1) is 25.6.